The Morgan fingerprint density at radius 1 is 1.04 bits per heavy atom. The van der Waals surface area contributed by atoms with Gasteiger partial charge in [0.15, 0.2) is 6.61 Å². The molecular formula is C17H15F2NO3. The number of ether oxygens (including phenoxy) is 1. The maximum absolute atomic E-state index is 13.0. The number of halogens is 2. The van der Waals surface area contributed by atoms with Crippen LogP contribution in [-0.2, 0) is 9.53 Å². The van der Waals surface area contributed by atoms with Crippen LogP contribution < -0.4 is 5.32 Å². The van der Waals surface area contributed by atoms with Crippen LogP contribution in [0.25, 0.3) is 0 Å². The Morgan fingerprint density at radius 2 is 1.61 bits per heavy atom. The number of amides is 1. The number of benzene rings is 2. The molecule has 0 aliphatic rings. The van der Waals surface area contributed by atoms with E-state index in [9.17, 15) is 18.4 Å². The molecule has 0 atom stereocenters. The first kappa shape index (κ1) is 16.6. The molecule has 0 aliphatic carbocycles. The third kappa shape index (κ3) is 4.35. The average Bonchev–Trinajstić information content (AvgIpc) is 2.47. The fourth-order valence-electron chi connectivity index (χ4n) is 2.07. The molecule has 4 nitrogen and oxygen atoms in total. The van der Waals surface area contributed by atoms with Crippen LogP contribution in [0.1, 0.15) is 21.5 Å². The van der Waals surface area contributed by atoms with E-state index >= 15 is 0 Å². The Balaban J connectivity index is 1.97. The van der Waals surface area contributed by atoms with Gasteiger partial charge >= 0.3 is 5.97 Å². The number of carbonyl (C=O) groups excluding carboxylic acids is 2. The van der Waals surface area contributed by atoms with Crippen molar-refractivity contribution in [3.63, 3.8) is 0 Å². The van der Waals surface area contributed by atoms with Crippen LogP contribution in [0.15, 0.2) is 36.4 Å². The van der Waals surface area contributed by atoms with E-state index in [4.69, 9.17) is 4.74 Å². The summed E-state index contributed by atoms with van der Waals surface area (Å²) >= 11 is 0. The van der Waals surface area contributed by atoms with Crippen LogP contribution in [0.4, 0.5) is 14.5 Å². The predicted octanol–water partition coefficient (Wildman–Crippen LogP) is 3.38. The summed E-state index contributed by atoms with van der Waals surface area (Å²) in [5.74, 6) is -3.29. The second-order valence-electron chi connectivity index (χ2n) is 5.05. The quantitative estimate of drug-likeness (QED) is 0.879. The van der Waals surface area contributed by atoms with Crippen molar-refractivity contribution in [3.8, 4) is 0 Å². The van der Waals surface area contributed by atoms with Crippen molar-refractivity contribution >= 4 is 17.6 Å². The molecule has 2 aromatic carbocycles. The summed E-state index contributed by atoms with van der Waals surface area (Å²) in [5, 5.41) is 2.64. The van der Waals surface area contributed by atoms with Gasteiger partial charge in [0.1, 0.15) is 11.6 Å². The number of rotatable bonds is 4. The summed E-state index contributed by atoms with van der Waals surface area (Å²) in [7, 11) is 0. The molecule has 2 aromatic rings. The van der Waals surface area contributed by atoms with Gasteiger partial charge in [0.25, 0.3) is 5.91 Å². The van der Waals surface area contributed by atoms with E-state index < -0.39 is 30.1 Å². The number of anilines is 1. The second-order valence-corrected chi connectivity index (χ2v) is 5.05. The largest absolute Gasteiger partial charge is 0.452 e. The molecule has 0 aliphatic heterocycles. The highest BCUT2D eigenvalue weighted by atomic mass is 19.1. The zero-order valence-electron chi connectivity index (χ0n) is 12.7. The normalized spacial score (nSPS) is 10.3. The lowest BCUT2D eigenvalue weighted by Crippen LogP contribution is -2.22. The van der Waals surface area contributed by atoms with Gasteiger partial charge in [-0.2, -0.15) is 0 Å². The fourth-order valence-corrected chi connectivity index (χ4v) is 2.07. The predicted molar refractivity (Wildman–Crippen MR) is 81.2 cm³/mol. The minimum Gasteiger partial charge on any atom is -0.452 e. The van der Waals surface area contributed by atoms with E-state index in [1.807, 2.05) is 32.0 Å². The van der Waals surface area contributed by atoms with Gasteiger partial charge in [0, 0.05) is 11.8 Å². The standard InChI is InChI=1S/C17H15F2NO3/c1-10-4-3-5-11(2)16(10)20-15(21)9-23-17(22)12-6-13(18)8-14(19)7-12/h3-8H,9H2,1-2H3,(H,20,21). The van der Waals surface area contributed by atoms with Crippen LogP contribution in [0.5, 0.6) is 0 Å². The molecule has 0 saturated carbocycles. The Labute approximate surface area is 132 Å². The summed E-state index contributed by atoms with van der Waals surface area (Å²) in [6, 6.07) is 7.86. The van der Waals surface area contributed by atoms with Gasteiger partial charge < -0.3 is 10.1 Å². The summed E-state index contributed by atoms with van der Waals surface area (Å²) in [6.45, 7) is 3.12. The summed E-state index contributed by atoms with van der Waals surface area (Å²) < 4.78 is 30.8. The van der Waals surface area contributed by atoms with Crippen molar-refractivity contribution in [2.45, 2.75) is 13.8 Å². The average molecular weight is 319 g/mol. The van der Waals surface area contributed by atoms with Crippen molar-refractivity contribution in [2.24, 2.45) is 0 Å². The summed E-state index contributed by atoms with van der Waals surface area (Å²) in [4.78, 5) is 23.6. The van der Waals surface area contributed by atoms with Gasteiger partial charge in [0.2, 0.25) is 0 Å². The maximum Gasteiger partial charge on any atom is 0.338 e. The van der Waals surface area contributed by atoms with Crippen molar-refractivity contribution in [1.29, 1.82) is 0 Å². The highest BCUT2D eigenvalue weighted by molar-refractivity contribution is 5.96. The number of hydrogen-bond acceptors (Lipinski definition) is 3. The molecule has 0 bridgehead atoms. The van der Waals surface area contributed by atoms with E-state index in [2.05, 4.69) is 5.32 Å². The van der Waals surface area contributed by atoms with E-state index in [0.29, 0.717) is 11.8 Å². The van der Waals surface area contributed by atoms with Gasteiger partial charge in [-0.15, -0.1) is 0 Å². The molecule has 2 rings (SSSR count). The minimum absolute atomic E-state index is 0.289. The molecule has 0 unspecified atom stereocenters. The molecule has 0 spiro atoms. The van der Waals surface area contributed by atoms with E-state index in [1.54, 1.807) is 0 Å². The Kier molecular flexibility index (Phi) is 5.05. The van der Waals surface area contributed by atoms with E-state index in [1.165, 1.54) is 0 Å². The molecule has 0 aromatic heterocycles. The van der Waals surface area contributed by atoms with Crippen molar-refractivity contribution in [2.75, 3.05) is 11.9 Å². The van der Waals surface area contributed by atoms with E-state index in [-0.39, 0.29) is 5.56 Å². The van der Waals surface area contributed by atoms with Gasteiger partial charge in [-0.3, -0.25) is 4.79 Å². The highest BCUT2D eigenvalue weighted by Gasteiger charge is 2.14. The number of nitrogens with one attached hydrogen (secondary N) is 1. The number of carbonyl (C=O) groups is 2. The van der Waals surface area contributed by atoms with Crippen LogP contribution in [0.3, 0.4) is 0 Å². The first-order chi connectivity index (χ1) is 10.9. The molecule has 0 radical (unpaired) electrons. The zero-order valence-corrected chi connectivity index (χ0v) is 12.7. The number of esters is 1. The molecule has 0 heterocycles. The molecule has 120 valence electrons. The summed E-state index contributed by atoms with van der Waals surface area (Å²) in [6.07, 6.45) is 0. The zero-order chi connectivity index (χ0) is 17.0. The third-order valence-electron chi connectivity index (χ3n) is 3.18. The molecule has 0 saturated heterocycles. The molecule has 1 N–H and O–H groups in total. The maximum atomic E-state index is 13.0. The number of aryl methyl sites for hydroxylation is 2. The first-order valence-electron chi connectivity index (χ1n) is 6.86. The Bertz CT molecular complexity index is 719. The van der Waals surface area contributed by atoms with Gasteiger partial charge in [-0.1, -0.05) is 18.2 Å². The van der Waals surface area contributed by atoms with Crippen molar-refractivity contribution in [1.82, 2.24) is 0 Å². The van der Waals surface area contributed by atoms with Gasteiger partial charge in [-0.25, -0.2) is 13.6 Å². The third-order valence-corrected chi connectivity index (χ3v) is 3.18. The van der Waals surface area contributed by atoms with Crippen molar-refractivity contribution in [3.05, 3.63) is 64.7 Å². The Hall–Kier alpha value is -2.76. The first-order valence-corrected chi connectivity index (χ1v) is 6.86. The summed E-state index contributed by atoms with van der Waals surface area (Å²) in [5.41, 5.74) is 2.10. The number of hydrogen-bond donors (Lipinski definition) is 1. The lowest BCUT2D eigenvalue weighted by molar-refractivity contribution is -0.119. The van der Waals surface area contributed by atoms with Gasteiger partial charge in [-0.05, 0) is 37.1 Å². The van der Waals surface area contributed by atoms with Gasteiger partial charge in [0.05, 0.1) is 5.56 Å². The minimum atomic E-state index is -0.972. The fraction of sp³-hybridized carbons (Fsp3) is 0.176. The number of para-hydroxylation sites is 1. The van der Waals surface area contributed by atoms with E-state index in [0.717, 1.165) is 23.3 Å². The van der Waals surface area contributed by atoms with Crippen LogP contribution >= 0.6 is 0 Å². The topological polar surface area (TPSA) is 55.4 Å². The molecule has 6 heteroatoms. The highest BCUT2D eigenvalue weighted by Crippen LogP contribution is 2.19. The van der Waals surface area contributed by atoms with Crippen LogP contribution in [-0.4, -0.2) is 18.5 Å². The van der Waals surface area contributed by atoms with Crippen LogP contribution in [0.2, 0.25) is 0 Å². The molecular weight excluding hydrogens is 304 g/mol. The van der Waals surface area contributed by atoms with Crippen molar-refractivity contribution < 1.29 is 23.1 Å². The lowest BCUT2D eigenvalue weighted by Gasteiger charge is -2.11. The monoisotopic (exact) mass is 319 g/mol. The SMILES string of the molecule is Cc1cccc(C)c1NC(=O)COC(=O)c1cc(F)cc(F)c1. The van der Waals surface area contributed by atoms with Crippen LogP contribution in [0, 0.1) is 25.5 Å². The Morgan fingerprint density at radius 3 is 2.17 bits per heavy atom. The second kappa shape index (κ2) is 7.00. The lowest BCUT2D eigenvalue weighted by atomic mass is 10.1. The molecule has 23 heavy (non-hydrogen) atoms. The molecule has 1 amide bonds. The smallest absolute Gasteiger partial charge is 0.338 e. The molecule has 0 fully saturated rings.